The van der Waals surface area contributed by atoms with Crippen molar-refractivity contribution in [2.75, 3.05) is 11.6 Å². The van der Waals surface area contributed by atoms with E-state index in [0.717, 1.165) is 0 Å². The van der Waals surface area contributed by atoms with Crippen LogP contribution in [0.25, 0.3) is 0 Å². The summed E-state index contributed by atoms with van der Waals surface area (Å²) < 4.78 is 34.8. The van der Waals surface area contributed by atoms with Crippen LogP contribution in [0, 0.1) is 0 Å². The molecular weight excluding hydrogens is 396 g/mol. The zero-order chi connectivity index (χ0) is 20.3. The molecule has 0 saturated carbocycles. The van der Waals surface area contributed by atoms with Crippen molar-refractivity contribution >= 4 is 17.3 Å². The van der Waals surface area contributed by atoms with Gasteiger partial charge in [0.25, 0.3) is 0 Å². The quantitative estimate of drug-likeness (QED) is 0.638. The number of halogens is 3. The van der Waals surface area contributed by atoms with Gasteiger partial charge in [0.1, 0.15) is 12.4 Å². The van der Waals surface area contributed by atoms with Crippen molar-refractivity contribution in [3.63, 3.8) is 0 Å². The van der Waals surface area contributed by atoms with Gasteiger partial charge in [-0.1, -0.05) is 11.6 Å². The van der Waals surface area contributed by atoms with Gasteiger partial charge >= 0.3 is 12.6 Å². The van der Waals surface area contributed by atoms with E-state index in [0.29, 0.717) is 16.9 Å². The summed E-state index contributed by atoms with van der Waals surface area (Å²) in [5.41, 5.74) is 6.41. The van der Waals surface area contributed by atoms with Crippen LogP contribution in [-0.2, 0) is 5.60 Å². The van der Waals surface area contributed by atoms with Crippen molar-refractivity contribution in [1.82, 2.24) is 20.9 Å². The average molecular weight is 414 g/mol. The lowest BCUT2D eigenvalue weighted by molar-refractivity contribution is -0.0497. The number of hydrazine groups is 2. The molecule has 3 rings (SSSR count). The predicted molar refractivity (Wildman–Crippen MR) is 97.7 cm³/mol. The maximum atomic E-state index is 12.4. The van der Waals surface area contributed by atoms with Gasteiger partial charge in [-0.2, -0.15) is 8.78 Å². The molecule has 1 aromatic carbocycles. The number of aliphatic hydroxyl groups is 1. The Morgan fingerprint density at radius 3 is 2.64 bits per heavy atom. The highest BCUT2D eigenvalue weighted by Gasteiger charge is 2.18. The fourth-order valence-electron chi connectivity index (χ4n) is 2.24. The monoisotopic (exact) mass is 413 g/mol. The smallest absolute Gasteiger partial charge is 0.387 e. The van der Waals surface area contributed by atoms with Crippen molar-refractivity contribution < 1.29 is 23.4 Å². The number of aromatic nitrogens is 2. The summed E-state index contributed by atoms with van der Waals surface area (Å²) in [5.74, 6) is -0.130. The van der Waals surface area contributed by atoms with Crippen molar-refractivity contribution in [3.05, 3.63) is 53.1 Å². The normalized spacial score (nSPS) is 14.1. The summed E-state index contributed by atoms with van der Waals surface area (Å²) in [4.78, 5) is 8.10. The first-order valence-electron chi connectivity index (χ1n) is 8.16. The molecule has 0 unspecified atom stereocenters. The second-order valence-corrected chi connectivity index (χ2v) is 6.76. The zero-order valence-corrected chi connectivity index (χ0v) is 15.7. The first kappa shape index (κ1) is 20.1. The molecule has 2 heterocycles. The fourth-order valence-corrected chi connectivity index (χ4v) is 2.40. The van der Waals surface area contributed by atoms with Crippen LogP contribution in [0.4, 0.5) is 14.5 Å². The zero-order valence-electron chi connectivity index (χ0n) is 15.0. The van der Waals surface area contributed by atoms with Crippen molar-refractivity contribution in [2.45, 2.75) is 26.1 Å². The van der Waals surface area contributed by atoms with Crippen LogP contribution in [0.15, 0.2) is 42.5 Å². The molecule has 0 saturated heterocycles. The predicted octanol–water partition coefficient (Wildman–Crippen LogP) is 2.71. The topological polar surface area (TPSA) is 91.8 Å². The molecular formula is C17H18ClF2N5O3. The molecule has 0 radical (unpaired) electrons. The summed E-state index contributed by atoms with van der Waals surface area (Å²) in [5, 5.41) is 11.5. The molecule has 0 amide bonds. The van der Waals surface area contributed by atoms with Crippen LogP contribution in [0.2, 0.25) is 5.02 Å². The Labute approximate surface area is 164 Å². The SMILES string of the molecule is CC(C)(O)c1cnc(OCC2=CN(c3ccc(Cl)c(OC(F)F)c3)NN2)nc1. The van der Waals surface area contributed by atoms with E-state index in [1.807, 2.05) is 0 Å². The maximum Gasteiger partial charge on any atom is 0.387 e. The Morgan fingerprint density at radius 2 is 2.00 bits per heavy atom. The lowest BCUT2D eigenvalue weighted by atomic mass is 10.0. The highest BCUT2D eigenvalue weighted by molar-refractivity contribution is 6.32. The molecule has 2 aromatic rings. The average Bonchev–Trinajstić information content (AvgIpc) is 3.10. The Bertz CT molecular complexity index is 859. The molecule has 28 heavy (non-hydrogen) atoms. The van der Waals surface area contributed by atoms with Crippen molar-refractivity contribution in [3.8, 4) is 11.8 Å². The number of nitrogens with zero attached hydrogens (tertiary/aromatic N) is 3. The first-order valence-corrected chi connectivity index (χ1v) is 8.54. The summed E-state index contributed by atoms with van der Waals surface area (Å²) in [6.45, 7) is 0.418. The maximum absolute atomic E-state index is 12.4. The fraction of sp³-hybridized carbons (Fsp3) is 0.294. The van der Waals surface area contributed by atoms with Crippen LogP contribution < -0.4 is 25.4 Å². The minimum absolute atomic E-state index is 0.0791. The molecule has 3 N–H and O–H groups in total. The van der Waals surface area contributed by atoms with E-state index in [4.69, 9.17) is 16.3 Å². The van der Waals surface area contributed by atoms with Gasteiger partial charge in [0.15, 0.2) is 0 Å². The number of benzene rings is 1. The largest absolute Gasteiger partial charge is 0.457 e. The third-order valence-corrected chi connectivity index (χ3v) is 4.03. The Hall–Kier alpha value is -2.69. The van der Waals surface area contributed by atoms with Crippen molar-refractivity contribution in [1.29, 1.82) is 0 Å². The second kappa shape index (κ2) is 8.13. The van der Waals surface area contributed by atoms with Gasteiger partial charge in [0.05, 0.1) is 22.0 Å². The van der Waals surface area contributed by atoms with E-state index in [2.05, 4.69) is 25.7 Å². The van der Waals surface area contributed by atoms with E-state index in [9.17, 15) is 13.9 Å². The molecule has 0 aliphatic carbocycles. The van der Waals surface area contributed by atoms with E-state index in [1.165, 1.54) is 24.5 Å². The highest BCUT2D eigenvalue weighted by atomic mass is 35.5. The molecule has 1 aliphatic heterocycles. The Morgan fingerprint density at radius 1 is 1.29 bits per heavy atom. The number of hydrogen-bond donors (Lipinski definition) is 3. The van der Waals surface area contributed by atoms with Crippen LogP contribution in [-0.4, -0.2) is 28.3 Å². The van der Waals surface area contributed by atoms with E-state index in [1.54, 1.807) is 31.1 Å². The van der Waals surface area contributed by atoms with Gasteiger partial charge in [0.2, 0.25) is 0 Å². The lowest BCUT2D eigenvalue weighted by Gasteiger charge is -2.17. The van der Waals surface area contributed by atoms with Crippen LogP contribution in [0.3, 0.4) is 0 Å². The highest BCUT2D eigenvalue weighted by Crippen LogP contribution is 2.31. The Balaban J connectivity index is 1.63. The van der Waals surface area contributed by atoms with Crippen LogP contribution >= 0.6 is 11.6 Å². The third kappa shape index (κ3) is 4.97. The molecule has 8 nitrogen and oxygen atoms in total. The van der Waals surface area contributed by atoms with E-state index >= 15 is 0 Å². The standard InChI is InChI=1S/C17H18ClF2N5O3/c1-17(2,26)10-6-21-16(22-7-10)27-9-11-8-25(24-23-11)12-3-4-13(18)14(5-12)28-15(19)20/h3-8,15,23-24,26H,9H2,1-2H3. The minimum atomic E-state index is -2.97. The molecule has 0 atom stereocenters. The molecule has 1 aromatic heterocycles. The lowest BCUT2D eigenvalue weighted by Crippen LogP contribution is -2.37. The van der Waals surface area contributed by atoms with E-state index < -0.39 is 12.2 Å². The van der Waals surface area contributed by atoms with Gasteiger partial charge in [-0.25, -0.2) is 9.97 Å². The number of alkyl halides is 2. The number of nitrogens with one attached hydrogen (secondary N) is 2. The third-order valence-electron chi connectivity index (χ3n) is 3.72. The Kier molecular flexibility index (Phi) is 5.82. The first-order chi connectivity index (χ1) is 13.2. The number of rotatable bonds is 7. The van der Waals surface area contributed by atoms with Crippen LogP contribution in [0.1, 0.15) is 19.4 Å². The van der Waals surface area contributed by atoms with Gasteiger partial charge in [-0.05, 0) is 26.0 Å². The number of hydrogen-bond acceptors (Lipinski definition) is 8. The summed E-state index contributed by atoms with van der Waals surface area (Å²) in [7, 11) is 0. The molecule has 1 aliphatic rings. The van der Waals surface area contributed by atoms with Gasteiger partial charge < -0.3 is 20.0 Å². The molecule has 0 fully saturated rings. The van der Waals surface area contributed by atoms with E-state index in [-0.39, 0.29) is 23.4 Å². The summed E-state index contributed by atoms with van der Waals surface area (Å²) in [6, 6.07) is 4.61. The summed E-state index contributed by atoms with van der Waals surface area (Å²) >= 11 is 5.85. The molecule has 150 valence electrons. The van der Waals surface area contributed by atoms with Crippen LogP contribution in [0.5, 0.6) is 11.8 Å². The second-order valence-electron chi connectivity index (χ2n) is 6.36. The number of anilines is 1. The van der Waals surface area contributed by atoms with Gasteiger partial charge in [-0.3, -0.25) is 5.01 Å². The molecule has 0 bridgehead atoms. The van der Waals surface area contributed by atoms with Crippen molar-refractivity contribution in [2.24, 2.45) is 0 Å². The van der Waals surface area contributed by atoms with Gasteiger partial charge in [-0.15, -0.1) is 5.53 Å². The molecule has 0 spiro atoms. The summed E-state index contributed by atoms with van der Waals surface area (Å²) in [6.07, 6.45) is 4.64. The van der Waals surface area contributed by atoms with Gasteiger partial charge in [0, 0.05) is 30.2 Å². The minimum Gasteiger partial charge on any atom is -0.457 e. The molecule has 11 heteroatoms. The number of ether oxygens (including phenoxy) is 2.